The van der Waals surface area contributed by atoms with Gasteiger partial charge >= 0.3 is 0 Å². The second kappa shape index (κ2) is 8.48. The van der Waals surface area contributed by atoms with E-state index in [9.17, 15) is 14.4 Å². The quantitative estimate of drug-likeness (QED) is 0.693. The lowest BCUT2D eigenvalue weighted by molar-refractivity contribution is -0.124. The van der Waals surface area contributed by atoms with E-state index in [4.69, 9.17) is 9.47 Å². The van der Waals surface area contributed by atoms with Gasteiger partial charge in [-0.2, -0.15) is 0 Å². The van der Waals surface area contributed by atoms with Crippen molar-refractivity contribution in [3.05, 3.63) is 40.6 Å². The molecule has 0 saturated carbocycles. The Bertz CT molecular complexity index is 804. The van der Waals surface area contributed by atoms with Gasteiger partial charge in [0.1, 0.15) is 0 Å². The molecule has 1 aromatic heterocycles. The minimum absolute atomic E-state index is 0.0355. The van der Waals surface area contributed by atoms with Crippen molar-refractivity contribution in [2.24, 2.45) is 0 Å². The molecular weight excluding hydrogens is 356 g/mol. The summed E-state index contributed by atoms with van der Waals surface area (Å²) in [7, 11) is 0. The lowest BCUT2D eigenvalue weighted by Crippen LogP contribution is -2.32. The Morgan fingerprint density at radius 3 is 2.69 bits per heavy atom. The molecule has 3 rings (SSSR count). The first-order valence-corrected chi connectivity index (χ1v) is 9.03. The molecule has 136 valence electrons. The molecule has 0 fully saturated rings. The number of nitrogens with one attached hydrogen (secondary N) is 2. The minimum atomic E-state index is -0.341. The molecule has 0 bridgehead atoms. The molecule has 0 unspecified atom stereocenters. The summed E-state index contributed by atoms with van der Waals surface area (Å²) >= 11 is 1.39. The highest BCUT2D eigenvalue weighted by molar-refractivity contribution is 7.12. The Morgan fingerprint density at radius 2 is 1.88 bits per heavy atom. The third-order valence-electron chi connectivity index (χ3n) is 3.71. The molecule has 1 aliphatic heterocycles. The topological polar surface area (TPSA) is 93.7 Å². The van der Waals surface area contributed by atoms with Crippen LogP contribution in [0.15, 0.2) is 35.7 Å². The highest BCUT2D eigenvalue weighted by atomic mass is 32.1. The first-order chi connectivity index (χ1) is 12.6. The van der Waals surface area contributed by atoms with Crippen molar-refractivity contribution in [3.8, 4) is 11.5 Å². The van der Waals surface area contributed by atoms with Gasteiger partial charge in [-0.3, -0.25) is 14.4 Å². The van der Waals surface area contributed by atoms with Crippen LogP contribution in [0.3, 0.4) is 0 Å². The molecule has 26 heavy (non-hydrogen) atoms. The lowest BCUT2D eigenvalue weighted by Gasteiger charge is -2.07. The van der Waals surface area contributed by atoms with E-state index in [0.717, 1.165) is 0 Å². The van der Waals surface area contributed by atoms with E-state index in [1.165, 1.54) is 11.3 Å². The predicted molar refractivity (Wildman–Crippen MR) is 96.7 cm³/mol. The molecule has 2 heterocycles. The highest BCUT2D eigenvalue weighted by Gasteiger charge is 2.14. The minimum Gasteiger partial charge on any atom is -0.454 e. The van der Waals surface area contributed by atoms with Gasteiger partial charge in [-0.1, -0.05) is 6.07 Å². The molecule has 1 aromatic carbocycles. The van der Waals surface area contributed by atoms with Crippen molar-refractivity contribution in [3.63, 3.8) is 0 Å². The molecule has 7 nitrogen and oxygen atoms in total. The summed E-state index contributed by atoms with van der Waals surface area (Å²) < 4.78 is 10.4. The van der Waals surface area contributed by atoms with E-state index in [1.807, 2.05) is 11.4 Å². The standard InChI is InChI=1S/C18H18N2O5S/c21-13(16-4-2-8-26-16)3-1-5-17(22)19-10-18(23)20-12-6-7-14-15(9-12)25-11-24-14/h2,4,6-9H,1,3,5,10-11H2,(H,19,22)(H,20,23). The number of benzene rings is 1. The fourth-order valence-corrected chi connectivity index (χ4v) is 3.11. The normalized spacial score (nSPS) is 11.8. The maximum Gasteiger partial charge on any atom is 0.243 e. The van der Waals surface area contributed by atoms with Crippen LogP contribution in [0.4, 0.5) is 5.69 Å². The van der Waals surface area contributed by atoms with Crippen LogP contribution < -0.4 is 20.1 Å². The number of anilines is 1. The summed E-state index contributed by atoms with van der Waals surface area (Å²) in [5.74, 6) is 0.640. The van der Waals surface area contributed by atoms with Crippen LogP contribution in [0, 0.1) is 0 Å². The fourth-order valence-electron chi connectivity index (χ4n) is 2.42. The van der Waals surface area contributed by atoms with E-state index in [-0.39, 0.29) is 37.4 Å². The number of Topliss-reactive ketones (excluding diaryl/α,β-unsaturated/α-hetero) is 1. The number of amides is 2. The summed E-state index contributed by atoms with van der Waals surface area (Å²) in [6.45, 7) is 0.0317. The van der Waals surface area contributed by atoms with Gasteiger partial charge in [0.05, 0.1) is 11.4 Å². The summed E-state index contributed by atoms with van der Waals surface area (Å²) in [4.78, 5) is 36.2. The van der Waals surface area contributed by atoms with Crippen LogP contribution >= 0.6 is 11.3 Å². The van der Waals surface area contributed by atoms with Crippen molar-refractivity contribution < 1.29 is 23.9 Å². The maximum atomic E-state index is 11.9. The number of fused-ring (bicyclic) bond motifs is 1. The van der Waals surface area contributed by atoms with Crippen molar-refractivity contribution in [1.82, 2.24) is 5.32 Å². The number of carbonyl (C=O) groups excluding carboxylic acids is 3. The van der Waals surface area contributed by atoms with Crippen LogP contribution in [0.25, 0.3) is 0 Å². The van der Waals surface area contributed by atoms with Crippen LogP contribution in [-0.2, 0) is 9.59 Å². The molecule has 2 N–H and O–H groups in total. The van der Waals surface area contributed by atoms with E-state index in [1.54, 1.807) is 24.3 Å². The summed E-state index contributed by atoms with van der Waals surface area (Å²) in [6, 6.07) is 8.67. The van der Waals surface area contributed by atoms with Gasteiger partial charge in [-0.25, -0.2) is 0 Å². The second-order valence-electron chi connectivity index (χ2n) is 5.65. The van der Waals surface area contributed by atoms with Crippen molar-refractivity contribution in [2.75, 3.05) is 18.7 Å². The molecule has 2 aromatic rings. The van der Waals surface area contributed by atoms with Crippen LogP contribution in [0.2, 0.25) is 0 Å². The van der Waals surface area contributed by atoms with Crippen LogP contribution in [0.1, 0.15) is 28.9 Å². The molecule has 0 atom stereocenters. The number of carbonyl (C=O) groups is 3. The first kappa shape index (κ1) is 17.9. The fraction of sp³-hybridized carbons (Fsp3) is 0.278. The van der Waals surface area contributed by atoms with Crippen molar-refractivity contribution in [1.29, 1.82) is 0 Å². The first-order valence-electron chi connectivity index (χ1n) is 8.15. The van der Waals surface area contributed by atoms with E-state index in [0.29, 0.717) is 34.9 Å². The van der Waals surface area contributed by atoms with Gasteiger partial charge in [0.25, 0.3) is 0 Å². The highest BCUT2D eigenvalue weighted by Crippen LogP contribution is 2.34. The zero-order chi connectivity index (χ0) is 18.4. The number of rotatable bonds is 8. The monoisotopic (exact) mass is 374 g/mol. The molecule has 0 spiro atoms. The Morgan fingerprint density at radius 1 is 1.04 bits per heavy atom. The zero-order valence-corrected chi connectivity index (χ0v) is 14.8. The SMILES string of the molecule is O=C(CCCC(=O)c1cccs1)NCC(=O)Nc1ccc2c(c1)OCO2. The lowest BCUT2D eigenvalue weighted by atomic mass is 10.1. The van der Waals surface area contributed by atoms with Gasteiger partial charge < -0.3 is 20.1 Å². The van der Waals surface area contributed by atoms with Crippen molar-refractivity contribution >= 4 is 34.6 Å². The molecular formula is C18H18N2O5S. The molecule has 1 aliphatic rings. The maximum absolute atomic E-state index is 11.9. The largest absolute Gasteiger partial charge is 0.454 e. The zero-order valence-electron chi connectivity index (χ0n) is 13.9. The number of hydrogen-bond acceptors (Lipinski definition) is 6. The second-order valence-corrected chi connectivity index (χ2v) is 6.59. The van der Waals surface area contributed by atoms with Crippen LogP contribution in [0.5, 0.6) is 11.5 Å². The molecule has 0 aliphatic carbocycles. The van der Waals surface area contributed by atoms with Crippen molar-refractivity contribution in [2.45, 2.75) is 19.3 Å². The van der Waals surface area contributed by atoms with E-state index >= 15 is 0 Å². The van der Waals surface area contributed by atoms with E-state index in [2.05, 4.69) is 10.6 Å². The van der Waals surface area contributed by atoms with Gasteiger partial charge in [0.2, 0.25) is 18.6 Å². The smallest absolute Gasteiger partial charge is 0.243 e. The van der Waals surface area contributed by atoms with Gasteiger partial charge in [-0.15, -0.1) is 11.3 Å². The average molecular weight is 374 g/mol. The Hall–Kier alpha value is -2.87. The molecule has 8 heteroatoms. The average Bonchev–Trinajstić information content (AvgIpc) is 3.31. The van der Waals surface area contributed by atoms with Gasteiger partial charge in [0.15, 0.2) is 17.3 Å². The molecule has 0 radical (unpaired) electrons. The Labute approximate surface area is 154 Å². The number of thiophene rings is 1. The number of ketones is 1. The third-order valence-corrected chi connectivity index (χ3v) is 4.62. The number of hydrogen-bond donors (Lipinski definition) is 2. The predicted octanol–water partition coefficient (Wildman–Crippen LogP) is 2.58. The third kappa shape index (κ3) is 4.82. The van der Waals surface area contributed by atoms with E-state index < -0.39 is 0 Å². The summed E-state index contributed by atoms with van der Waals surface area (Å²) in [5.41, 5.74) is 0.565. The molecule has 2 amide bonds. The van der Waals surface area contributed by atoms with Crippen LogP contribution in [-0.4, -0.2) is 30.9 Å². The summed E-state index contributed by atoms with van der Waals surface area (Å²) in [5, 5.41) is 7.07. The Kier molecular flexibility index (Phi) is 5.85. The van der Waals surface area contributed by atoms with Gasteiger partial charge in [0, 0.05) is 24.6 Å². The van der Waals surface area contributed by atoms with Gasteiger partial charge in [-0.05, 0) is 30.0 Å². The summed E-state index contributed by atoms with van der Waals surface area (Å²) in [6.07, 6.45) is 0.970. The number of ether oxygens (including phenoxy) is 2. The molecule has 0 saturated heterocycles. The Balaban J connectivity index is 1.35.